The van der Waals surface area contributed by atoms with Crippen LogP contribution in [0.15, 0.2) is 54.6 Å². The van der Waals surface area contributed by atoms with Crippen molar-refractivity contribution < 1.29 is 27.8 Å². The van der Waals surface area contributed by atoms with Gasteiger partial charge in [-0.05, 0) is 70.6 Å². The Morgan fingerprint density at radius 3 is 2.35 bits per heavy atom. The zero-order chi connectivity index (χ0) is 18.9. The monoisotopic (exact) mass is 473 g/mol. The molecule has 2 aromatic carbocycles. The molecule has 0 radical (unpaired) electrons. The molecule has 0 saturated heterocycles. The lowest BCUT2D eigenvalue weighted by molar-refractivity contribution is -0.142. The maximum absolute atomic E-state index is 12.0. The molecule has 0 aliphatic carbocycles. The smallest absolute Gasteiger partial charge is 0.387 e. The first-order chi connectivity index (χ1) is 12.4. The number of alkyl halides is 2. The Morgan fingerprint density at radius 2 is 1.73 bits per heavy atom. The van der Waals surface area contributed by atoms with Gasteiger partial charge in [0.05, 0.1) is 0 Å². The fraction of sp³-hybridized carbons (Fsp3) is 0.111. The highest BCUT2D eigenvalue weighted by molar-refractivity contribution is 14.1. The summed E-state index contributed by atoms with van der Waals surface area (Å²) in [6, 6.07) is 12.9. The minimum atomic E-state index is -2.89. The van der Waals surface area contributed by atoms with Gasteiger partial charge >= 0.3 is 12.6 Å². The molecular weight excluding hydrogens is 459 g/mol. The van der Waals surface area contributed by atoms with Crippen molar-refractivity contribution in [2.45, 2.75) is 6.61 Å². The van der Waals surface area contributed by atoms with Crippen LogP contribution in [0.2, 0.25) is 0 Å². The molecule has 8 heteroatoms. The van der Waals surface area contributed by atoms with E-state index in [-0.39, 0.29) is 5.75 Å². The molecule has 0 aliphatic rings. The molecule has 0 atom stereocenters. The number of hydrogen-bond acceptors (Lipinski definition) is 4. The highest BCUT2D eigenvalue weighted by Gasteiger charge is 2.06. The summed E-state index contributed by atoms with van der Waals surface area (Å²) in [5.41, 5.74) is 1.19. The molecule has 136 valence electrons. The summed E-state index contributed by atoms with van der Waals surface area (Å²) in [4.78, 5) is 23.3. The molecule has 0 aromatic heterocycles. The second-order valence-electron chi connectivity index (χ2n) is 4.94. The zero-order valence-corrected chi connectivity index (χ0v) is 15.5. The van der Waals surface area contributed by atoms with E-state index in [1.54, 1.807) is 12.1 Å². The van der Waals surface area contributed by atoms with E-state index in [1.165, 1.54) is 30.3 Å². The van der Waals surface area contributed by atoms with Crippen LogP contribution in [0, 0.1) is 3.57 Å². The third-order valence-electron chi connectivity index (χ3n) is 2.99. The summed E-state index contributed by atoms with van der Waals surface area (Å²) in [6.45, 7) is -3.31. The topological polar surface area (TPSA) is 64.6 Å². The number of carbonyl (C=O) groups excluding carboxylic acids is 2. The van der Waals surface area contributed by atoms with E-state index in [1.807, 2.05) is 12.1 Å². The molecule has 0 saturated carbocycles. The van der Waals surface area contributed by atoms with Crippen LogP contribution in [-0.2, 0) is 14.3 Å². The standard InChI is InChI=1S/C18H14F2INO4/c19-18(20)26-15-8-1-12(2-9-15)3-10-17(24)25-11-16(23)22-14-6-4-13(21)5-7-14/h1-10,18H,11H2,(H,22,23). The van der Waals surface area contributed by atoms with Crippen molar-refractivity contribution in [3.63, 3.8) is 0 Å². The predicted octanol–water partition coefficient (Wildman–Crippen LogP) is 4.09. The highest BCUT2D eigenvalue weighted by Crippen LogP contribution is 2.15. The van der Waals surface area contributed by atoms with Gasteiger partial charge in [0.15, 0.2) is 6.61 Å². The summed E-state index contributed by atoms with van der Waals surface area (Å²) < 4.78 is 34.2. The number of esters is 1. The third-order valence-corrected chi connectivity index (χ3v) is 3.71. The Morgan fingerprint density at radius 1 is 1.08 bits per heavy atom. The summed E-state index contributed by atoms with van der Waals surface area (Å²) in [5.74, 6) is -1.14. The fourth-order valence-electron chi connectivity index (χ4n) is 1.84. The lowest BCUT2D eigenvalue weighted by atomic mass is 10.2. The molecule has 1 amide bonds. The number of halogens is 3. The molecule has 0 unspecified atom stereocenters. The molecule has 0 fully saturated rings. The summed E-state index contributed by atoms with van der Waals surface area (Å²) in [6.07, 6.45) is 2.58. The van der Waals surface area contributed by atoms with Gasteiger partial charge in [0.25, 0.3) is 5.91 Å². The second-order valence-corrected chi connectivity index (χ2v) is 6.19. The van der Waals surface area contributed by atoms with Crippen molar-refractivity contribution in [2.75, 3.05) is 11.9 Å². The van der Waals surface area contributed by atoms with E-state index >= 15 is 0 Å². The number of carbonyl (C=O) groups is 2. The number of anilines is 1. The summed E-state index contributed by atoms with van der Waals surface area (Å²) >= 11 is 2.15. The van der Waals surface area contributed by atoms with Crippen LogP contribution < -0.4 is 10.1 Å². The van der Waals surface area contributed by atoms with Crippen molar-refractivity contribution in [1.82, 2.24) is 0 Å². The Kier molecular flexibility index (Phi) is 7.52. The normalized spacial score (nSPS) is 10.8. The SMILES string of the molecule is O=C(COC(=O)C=Cc1ccc(OC(F)F)cc1)Nc1ccc(I)cc1. The van der Waals surface area contributed by atoms with E-state index in [0.717, 1.165) is 9.65 Å². The molecule has 0 heterocycles. The Bertz CT molecular complexity index is 777. The maximum atomic E-state index is 12.0. The molecular formula is C18H14F2INO4. The summed E-state index contributed by atoms with van der Waals surface area (Å²) in [5, 5.41) is 2.60. The molecule has 26 heavy (non-hydrogen) atoms. The van der Waals surface area contributed by atoms with Crippen LogP contribution >= 0.6 is 22.6 Å². The first-order valence-corrected chi connectivity index (χ1v) is 8.45. The molecule has 0 aliphatic heterocycles. The number of amides is 1. The predicted molar refractivity (Wildman–Crippen MR) is 101 cm³/mol. The second kappa shape index (κ2) is 9.85. The van der Waals surface area contributed by atoms with Gasteiger partial charge in [-0.15, -0.1) is 0 Å². The quantitative estimate of drug-likeness (QED) is 0.374. The largest absolute Gasteiger partial charge is 0.452 e. The fourth-order valence-corrected chi connectivity index (χ4v) is 2.20. The van der Waals surface area contributed by atoms with Gasteiger partial charge in [-0.3, -0.25) is 4.79 Å². The van der Waals surface area contributed by atoms with Crippen LogP contribution in [0.25, 0.3) is 6.08 Å². The number of hydrogen-bond donors (Lipinski definition) is 1. The number of nitrogens with one attached hydrogen (secondary N) is 1. The number of benzene rings is 2. The summed E-state index contributed by atoms with van der Waals surface area (Å²) in [7, 11) is 0. The van der Waals surface area contributed by atoms with Crippen molar-refractivity contribution in [3.05, 3.63) is 63.7 Å². The van der Waals surface area contributed by atoms with Crippen molar-refractivity contribution in [2.24, 2.45) is 0 Å². The van der Waals surface area contributed by atoms with Gasteiger partial charge in [0.1, 0.15) is 5.75 Å². The van der Waals surface area contributed by atoms with Crippen LogP contribution in [0.4, 0.5) is 14.5 Å². The van der Waals surface area contributed by atoms with Crippen LogP contribution in [0.1, 0.15) is 5.56 Å². The molecule has 5 nitrogen and oxygen atoms in total. The van der Waals surface area contributed by atoms with E-state index in [9.17, 15) is 18.4 Å². The van der Waals surface area contributed by atoms with E-state index < -0.39 is 25.1 Å². The average Bonchev–Trinajstić information content (AvgIpc) is 2.61. The van der Waals surface area contributed by atoms with Crippen molar-refractivity contribution in [1.29, 1.82) is 0 Å². The maximum Gasteiger partial charge on any atom is 0.387 e. The molecule has 2 aromatic rings. The van der Waals surface area contributed by atoms with Gasteiger partial charge in [0, 0.05) is 15.3 Å². The third kappa shape index (κ3) is 7.18. The molecule has 2 rings (SSSR count). The van der Waals surface area contributed by atoms with E-state index in [4.69, 9.17) is 4.74 Å². The van der Waals surface area contributed by atoms with Crippen LogP contribution in [0.3, 0.4) is 0 Å². The number of rotatable bonds is 7. The van der Waals surface area contributed by atoms with Gasteiger partial charge < -0.3 is 14.8 Å². The molecule has 0 spiro atoms. The molecule has 1 N–H and O–H groups in total. The minimum Gasteiger partial charge on any atom is -0.452 e. The van der Waals surface area contributed by atoms with E-state index in [0.29, 0.717) is 11.3 Å². The van der Waals surface area contributed by atoms with Gasteiger partial charge in [-0.1, -0.05) is 12.1 Å². The number of ether oxygens (including phenoxy) is 2. The zero-order valence-electron chi connectivity index (χ0n) is 13.3. The molecule has 0 bridgehead atoms. The Labute approximate surface area is 162 Å². The van der Waals surface area contributed by atoms with Crippen molar-refractivity contribution >= 4 is 46.2 Å². The lowest BCUT2D eigenvalue weighted by Gasteiger charge is -2.05. The Balaban J connectivity index is 1.77. The first-order valence-electron chi connectivity index (χ1n) is 7.37. The van der Waals surface area contributed by atoms with Gasteiger partial charge in [-0.25, -0.2) is 4.79 Å². The average molecular weight is 473 g/mol. The van der Waals surface area contributed by atoms with Gasteiger partial charge in [-0.2, -0.15) is 8.78 Å². The van der Waals surface area contributed by atoms with E-state index in [2.05, 4.69) is 32.6 Å². The lowest BCUT2D eigenvalue weighted by Crippen LogP contribution is -2.20. The minimum absolute atomic E-state index is 0.0204. The van der Waals surface area contributed by atoms with Crippen LogP contribution in [-0.4, -0.2) is 25.1 Å². The first kappa shape index (κ1) is 19.8. The van der Waals surface area contributed by atoms with Crippen LogP contribution in [0.5, 0.6) is 5.75 Å². The van der Waals surface area contributed by atoms with Gasteiger partial charge in [0.2, 0.25) is 0 Å². The Hall–Kier alpha value is -2.49. The highest BCUT2D eigenvalue weighted by atomic mass is 127. The van der Waals surface area contributed by atoms with Crippen molar-refractivity contribution in [3.8, 4) is 5.75 Å².